The van der Waals surface area contributed by atoms with Crippen LogP contribution in [0.4, 0.5) is 0 Å². The van der Waals surface area contributed by atoms with E-state index in [1.54, 1.807) is 31.1 Å². The molecular weight excluding hydrogens is 462 g/mol. The molecule has 0 radical (unpaired) electrons. The molecule has 2 aromatic rings. The third-order valence-corrected chi connectivity index (χ3v) is 6.66. The fraction of sp³-hybridized carbons (Fsp3) is 0.318. The van der Waals surface area contributed by atoms with Crippen molar-refractivity contribution < 1.29 is 8.42 Å². The molecular formula is C22H28ClN7O2S. The molecule has 0 aliphatic carbocycles. The summed E-state index contributed by atoms with van der Waals surface area (Å²) in [6.45, 7) is 0.405. The fourth-order valence-electron chi connectivity index (χ4n) is 3.18. The summed E-state index contributed by atoms with van der Waals surface area (Å²) in [4.78, 5) is 5.84. The molecule has 0 saturated heterocycles. The number of halogens is 1. The van der Waals surface area contributed by atoms with E-state index in [9.17, 15) is 8.42 Å². The van der Waals surface area contributed by atoms with Crippen molar-refractivity contribution >= 4 is 39.4 Å². The van der Waals surface area contributed by atoms with E-state index in [2.05, 4.69) is 21.5 Å². The Kier molecular flexibility index (Phi) is 7.72. The first kappa shape index (κ1) is 24.7. The van der Waals surface area contributed by atoms with Gasteiger partial charge in [-0.1, -0.05) is 54.1 Å². The SMILES string of the molecule is CN(C)/C(N)=N/C(=N\S(=O)(=O)N(C)C)N1CCC(c2ccccc2)C(c2ccc(Cl)cc2)=N1. The Morgan fingerprint density at radius 2 is 1.73 bits per heavy atom. The highest BCUT2D eigenvalue weighted by Crippen LogP contribution is 2.30. The summed E-state index contributed by atoms with van der Waals surface area (Å²) >= 11 is 6.10. The summed E-state index contributed by atoms with van der Waals surface area (Å²) in [6.07, 6.45) is 0.671. The van der Waals surface area contributed by atoms with Crippen molar-refractivity contribution in [1.29, 1.82) is 0 Å². The third-order valence-electron chi connectivity index (χ3n) is 5.09. The summed E-state index contributed by atoms with van der Waals surface area (Å²) in [5.74, 6) is 0.00881. The molecule has 1 unspecified atom stereocenters. The lowest BCUT2D eigenvalue weighted by Crippen LogP contribution is -2.39. The van der Waals surface area contributed by atoms with Crippen molar-refractivity contribution in [2.45, 2.75) is 12.3 Å². The lowest BCUT2D eigenvalue weighted by molar-refractivity contribution is 0.398. The van der Waals surface area contributed by atoms with Crippen molar-refractivity contribution in [3.63, 3.8) is 0 Å². The van der Waals surface area contributed by atoms with Crippen LogP contribution in [0.5, 0.6) is 0 Å². The lowest BCUT2D eigenvalue weighted by atomic mass is 9.86. The van der Waals surface area contributed by atoms with Crippen molar-refractivity contribution in [2.75, 3.05) is 34.7 Å². The minimum Gasteiger partial charge on any atom is -0.369 e. The van der Waals surface area contributed by atoms with Crippen LogP contribution < -0.4 is 5.73 Å². The molecule has 0 fully saturated rings. The third kappa shape index (κ3) is 6.10. The zero-order valence-corrected chi connectivity index (χ0v) is 20.6. The minimum atomic E-state index is -3.96. The van der Waals surface area contributed by atoms with Gasteiger partial charge >= 0.3 is 10.2 Å². The Bertz CT molecular complexity index is 1160. The molecule has 0 amide bonds. The van der Waals surface area contributed by atoms with Gasteiger partial charge < -0.3 is 10.6 Å². The zero-order chi connectivity index (χ0) is 24.2. The number of hydrogen-bond acceptors (Lipinski definition) is 3. The van der Waals surface area contributed by atoms with Gasteiger partial charge in [0.1, 0.15) is 0 Å². The molecule has 11 heteroatoms. The molecule has 1 atom stereocenters. The molecule has 0 spiro atoms. The van der Waals surface area contributed by atoms with Gasteiger partial charge in [-0.25, -0.2) is 5.01 Å². The first-order valence-corrected chi connectivity index (χ1v) is 12.1. The molecule has 2 aromatic carbocycles. The van der Waals surface area contributed by atoms with Gasteiger partial charge in [0.2, 0.25) is 0 Å². The quantitative estimate of drug-likeness (QED) is 0.524. The van der Waals surface area contributed by atoms with Crippen LogP contribution in [0.15, 0.2) is 69.1 Å². The number of hydrogen-bond donors (Lipinski definition) is 1. The van der Waals surface area contributed by atoms with Gasteiger partial charge in [0.25, 0.3) is 5.96 Å². The number of nitrogens with two attached hydrogens (primary N) is 1. The number of hydrazone groups is 1. The maximum absolute atomic E-state index is 12.5. The maximum atomic E-state index is 12.5. The summed E-state index contributed by atoms with van der Waals surface area (Å²) in [5.41, 5.74) is 8.74. The van der Waals surface area contributed by atoms with Gasteiger partial charge in [0, 0.05) is 45.7 Å². The van der Waals surface area contributed by atoms with Crippen molar-refractivity contribution in [1.82, 2.24) is 14.2 Å². The number of nitrogens with zero attached hydrogens (tertiary/aromatic N) is 6. The highest BCUT2D eigenvalue weighted by molar-refractivity contribution is 7.87. The van der Waals surface area contributed by atoms with Crippen LogP contribution in [0.2, 0.25) is 5.02 Å². The van der Waals surface area contributed by atoms with Crippen molar-refractivity contribution in [3.05, 3.63) is 70.7 Å². The van der Waals surface area contributed by atoms with Crippen molar-refractivity contribution in [2.24, 2.45) is 20.2 Å². The number of rotatable bonds is 4. The van der Waals surface area contributed by atoms with Crippen LogP contribution >= 0.6 is 11.6 Å². The normalized spacial score (nSPS) is 17.8. The van der Waals surface area contributed by atoms with Crippen molar-refractivity contribution in [3.8, 4) is 0 Å². The van der Waals surface area contributed by atoms with Gasteiger partial charge in [-0.3, -0.25) is 0 Å². The Morgan fingerprint density at radius 3 is 2.30 bits per heavy atom. The van der Waals surface area contributed by atoms with Gasteiger partial charge in [0.05, 0.1) is 5.71 Å². The highest BCUT2D eigenvalue weighted by atomic mass is 35.5. The van der Waals surface area contributed by atoms with E-state index in [1.165, 1.54) is 19.1 Å². The Hall–Kier alpha value is -2.95. The average molecular weight is 490 g/mol. The topological polar surface area (TPSA) is 107 Å². The summed E-state index contributed by atoms with van der Waals surface area (Å²) < 4.78 is 30.0. The zero-order valence-electron chi connectivity index (χ0n) is 19.1. The summed E-state index contributed by atoms with van der Waals surface area (Å²) in [6, 6.07) is 17.4. The van der Waals surface area contributed by atoms with Gasteiger partial charge in [-0.2, -0.15) is 22.8 Å². The van der Waals surface area contributed by atoms with Gasteiger partial charge in [-0.15, -0.1) is 4.40 Å². The molecule has 9 nitrogen and oxygen atoms in total. The van der Waals surface area contributed by atoms with Crippen LogP contribution in [0, 0.1) is 0 Å². The van der Waals surface area contributed by atoms with E-state index in [0.717, 1.165) is 21.1 Å². The minimum absolute atomic E-state index is 0.00510. The molecule has 2 N–H and O–H groups in total. The van der Waals surface area contributed by atoms with E-state index in [-0.39, 0.29) is 17.8 Å². The van der Waals surface area contributed by atoms with Crippen LogP contribution in [0.3, 0.4) is 0 Å². The predicted octanol–water partition coefficient (Wildman–Crippen LogP) is 2.57. The van der Waals surface area contributed by atoms with E-state index in [1.807, 2.05) is 30.3 Å². The number of guanidine groups is 2. The highest BCUT2D eigenvalue weighted by Gasteiger charge is 2.29. The number of aliphatic imine (C=N–C) groups is 1. The Labute approximate surface area is 200 Å². The number of benzene rings is 2. The average Bonchev–Trinajstić information content (AvgIpc) is 2.79. The molecule has 1 aliphatic rings. The Morgan fingerprint density at radius 1 is 1.09 bits per heavy atom. The Balaban J connectivity index is 2.15. The van der Waals surface area contributed by atoms with Crippen LogP contribution in [0.1, 0.15) is 23.5 Å². The molecule has 176 valence electrons. The first-order valence-electron chi connectivity index (χ1n) is 10.3. The molecule has 0 bridgehead atoms. The van der Waals surface area contributed by atoms with E-state index >= 15 is 0 Å². The lowest BCUT2D eigenvalue weighted by Gasteiger charge is -2.31. The summed E-state index contributed by atoms with van der Waals surface area (Å²) in [5, 5.41) is 6.91. The van der Waals surface area contributed by atoms with E-state index in [4.69, 9.17) is 22.4 Å². The maximum Gasteiger partial charge on any atom is 0.325 e. The van der Waals surface area contributed by atoms with Gasteiger partial charge in [0.15, 0.2) is 5.96 Å². The standard InChI is InChI=1S/C22H28ClN7O2S/c1-28(2)21(24)25-22(27-33(31,32)29(3)4)30-15-14-19(16-8-6-5-7-9-16)20(26-30)17-10-12-18(23)13-11-17/h5-13,19H,14-15H2,1-4H3,(H2,24,25,27). The van der Waals surface area contributed by atoms with Crippen LogP contribution in [-0.4, -0.2) is 75.0 Å². The molecule has 0 saturated carbocycles. The second-order valence-corrected chi connectivity index (χ2v) is 10.1. The second kappa shape index (κ2) is 10.3. The molecule has 1 heterocycles. The largest absolute Gasteiger partial charge is 0.369 e. The van der Waals surface area contributed by atoms with E-state index in [0.29, 0.717) is 18.0 Å². The van der Waals surface area contributed by atoms with Crippen LogP contribution in [0.25, 0.3) is 0 Å². The van der Waals surface area contributed by atoms with Gasteiger partial charge in [-0.05, 0) is 29.7 Å². The molecule has 0 aromatic heterocycles. The first-order chi connectivity index (χ1) is 15.6. The van der Waals surface area contributed by atoms with Crippen LogP contribution in [-0.2, 0) is 10.2 Å². The molecule has 1 aliphatic heterocycles. The monoisotopic (exact) mass is 489 g/mol. The predicted molar refractivity (Wildman–Crippen MR) is 134 cm³/mol. The summed E-state index contributed by atoms with van der Waals surface area (Å²) in [7, 11) is 2.26. The second-order valence-electron chi connectivity index (χ2n) is 7.88. The van der Waals surface area contributed by atoms with E-state index < -0.39 is 10.2 Å². The smallest absolute Gasteiger partial charge is 0.325 e. The molecule has 3 rings (SSSR count). The fourth-order valence-corrected chi connectivity index (χ4v) is 3.82. The molecule has 33 heavy (non-hydrogen) atoms.